The highest BCUT2D eigenvalue weighted by Crippen LogP contribution is 2.32. The number of aromatic nitrogens is 2. The number of anilines is 2. The van der Waals surface area contributed by atoms with Crippen LogP contribution < -0.4 is 10.2 Å². The molecule has 5 nitrogen and oxygen atoms in total. The van der Waals surface area contributed by atoms with Crippen LogP contribution in [-0.2, 0) is 0 Å². The zero-order valence-electron chi connectivity index (χ0n) is 11.9. The second kappa shape index (κ2) is 6.95. The Labute approximate surface area is 125 Å². The molecule has 116 valence electrons. The molecule has 0 spiro atoms. The van der Waals surface area contributed by atoms with Crippen molar-refractivity contribution in [3.8, 4) is 0 Å². The fraction of sp³-hybridized carbons (Fsp3) is 0.538. The van der Waals surface area contributed by atoms with Crippen LogP contribution >= 0.6 is 11.3 Å². The third-order valence-corrected chi connectivity index (χ3v) is 3.80. The molecule has 8 heteroatoms. The molecule has 2 N–H and O–H groups in total. The monoisotopic (exact) mass is 316 g/mol. The molecule has 21 heavy (non-hydrogen) atoms. The Hall–Kier alpha value is -1.54. The molecular formula is C13H18F2N4OS. The highest BCUT2D eigenvalue weighted by atomic mass is 32.1. The summed E-state index contributed by atoms with van der Waals surface area (Å²) in [5.41, 5.74) is 0. The van der Waals surface area contributed by atoms with Gasteiger partial charge in [0.2, 0.25) is 5.95 Å². The molecule has 0 atom stereocenters. The van der Waals surface area contributed by atoms with E-state index in [0.29, 0.717) is 18.3 Å². The predicted octanol–water partition coefficient (Wildman–Crippen LogP) is 2.50. The van der Waals surface area contributed by atoms with Gasteiger partial charge in [0.15, 0.2) is 0 Å². The average molecular weight is 316 g/mol. The van der Waals surface area contributed by atoms with E-state index in [1.165, 1.54) is 16.2 Å². The van der Waals surface area contributed by atoms with Gasteiger partial charge >= 0.3 is 0 Å². The molecule has 0 bridgehead atoms. The second-order valence-electron chi connectivity index (χ2n) is 4.54. The van der Waals surface area contributed by atoms with Crippen molar-refractivity contribution in [2.45, 2.75) is 20.3 Å². The molecule has 0 aliphatic heterocycles. The lowest BCUT2D eigenvalue weighted by Gasteiger charge is -2.23. The van der Waals surface area contributed by atoms with Gasteiger partial charge in [-0.1, -0.05) is 0 Å². The number of thiophene rings is 1. The highest BCUT2D eigenvalue weighted by molar-refractivity contribution is 7.18. The van der Waals surface area contributed by atoms with Crippen molar-refractivity contribution in [1.29, 1.82) is 0 Å². The fourth-order valence-corrected chi connectivity index (χ4v) is 2.95. The Kier molecular flexibility index (Phi) is 5.24. The van der Waals surface area contributed by atoms with Gasteiger partial charge in [-0.2, -0.15) is 4.98 Å². The Balaban J connectivity index is 2.51. The third-order valence-electron chi connectivity index (χ3n) is 2.86. The van der Waals surface area contributed by atoms with Gasteiger partial charge in [-0.15, -0.1) is 11.3 Å². The molecule has 2 aromatic rings. The first-order chi connectivity index (χ1) is 10.0. The standard InChI is InChI=1S/C13H18F2N4OS/c1-3-16-13-17-11(19(4-5-20)7-10(14)15)9-6-8(2)21-12(9)18-13/h6,10,20H,3-5,7H2,1-2H3,(H,16,17,18). The van der Waals surface area contributed by atoms with Crippen LogP contribution in [0.1, 0.15) is 11.8 Å². The van der Waals surface area contributed by atoms with Crippen molar-refractivity contribution in [2.75, 3.05) is 36.5 Å². The minimum Gasteiger partial charge on any atom is -0.395 e. The van der Waals surface area contributed by atoms with E-state index in [4.69, 9.17) is 5.11 Å². The molecule has 0 amide bonds. The van der Waals surface area contributed by atoms with Crippen molar-refractivity contribution in [3.05, 3.63) is 10.9 Å². The summed E-state index contributed by atoms with van der Waals surface area (Å²) in [5, 5.41) is 12.9. The predicted molar refractivity (Wildman–Crippen MR) is 81.6 cm³/mol. The first-order valence-electron chi connectivity index (χ1n) is 6.71. The van der Waals surface area contributed by atoms with E-state index in [1.54, 1.807) is 0 Å². The van der Waals surface area contributed by atoms with Crippen LogP contribution in [-0.4, -0.2) is 47.7 Å². The number of nitrogens with one attached hydrogen (secondary N) is 1. The minimum atomic E-state index is -2.50. The Morgan fingerprint density at radius 2 is 2.19 bits per heavy atom. The highest BCUT2D eigenvalue weighted by Gasteiger charge is 2.19. The molecule has 0 aromatic carbocycles. The topological polar surface area (TPSA) is 61.3 Å². The number of rotatable bonds is 7. The number of halogens is 2. The van der Waals surface area contributed by atoms with E-state index >= 15 is 0 Å². The molecule has 0 saturated carbocycles. The fourth-order valence-electron chi connectivity index (χ4n) is 2.08. The van der Waals surface area contributed by atoms with Crippen LogP contribution in [0.15, 0.2) is 6.07 Å². The minimum absolute atomic E-state index is 0.108. The van der Waals surface area contributed by atoms with Crippen LogP contribution in [0.2, 0.25) is 0 Å². The maximum atomic E-state index is 12.8. The van der Waals surface area contributed by atoms with Crippen molar-refractivity contribution in [3.63, 3.8) is 0 Å². The smallest absolute Gasteiger partial charge is 0.255 e. The van der Waals surface area contributed by atoms with Crippen molar-refractivity contribution >= 4 is 33.3 Å². The van der Waals surface area contributed by atoms with Crippen molar-refractivity contribution in [2.24, 2.45) is 0 Å². The molecule has 2 aromatic heterocycles. The van der Waals surface area contributed by atoms with Crippen molar-refractivity contribution < 1.29 is 13.9 Å². The van der Waals surface area contributed by atoms with Crippen LogP contribution in [0.3, 0.4) is 0 Å². The summed E-state index contributed by atoms with van der Waals surface area (Å²) in [6, 6.07) is 1.89. The molecule has 2 heterocycles. The Morgan fingerprint density at radius 1 is 1.43 bits per heavy atom. The van der Waals surface area contributed by atoms with E-state index < -0.39 is 13.0 Å². The number of nitrogens with zero attached hydrogens (tertiary/aromatic N) is 3. The van der Waals surface area contributed by atoms with E-state index in [0.717, 1.165) is 15.1 Å². The molecule has 0 aliphatic rings. The number of alkyl halides is 2. The maximum absolute atomic E-state index is 12.8. The van der Waals surface area contributed by atoms with E-state index in [-0.39, 0.29) is 13.2 Å². The summed E-state index contributed by atoms with van der Waals surface area (Å²) in [7, 11) is 0. The number of aliphatic hydroxyl groups is 1. The Bertz CT molecular complexity index is 605. The molecule has 0 aliphatic carbocycles. The van der Waals surface area contributed by atoms with Crippen LogP contribution in [0, 0.1) is 6.92 Å². The molecule has 0 radical (unpaired) electrons. The van der Waals surface area contributed by atoms with Crippen LogP contribution in [0.5, 0.6) is 0 Å². The van der Waals surface area contributed by atoms with E-state index in [2.05, 4.69) is 15.3 Å². The zero-order valence-corrected chi connectivity index (χ0v) is 12.8. The summed E-state index contributed by atoms with van der Waals surface area (Å²) in [6.07, 6.45) is -2.50. The summed E-state index contributed by atoms with van der Waals surface area (Å²) >= 11 is 1.49. The molecular weight excluding hydrogens is 298 g/mol. The largest absolute Gasteiger partial charge is 0.395 e. The SMILES string of the molecule is CCNc1nc(N(CCO)CC(F)F)c2cc(C)sc2n1. The van der Waals surface area contributed by atoms with Gasteiger partial charge in [0.1, 0.15) is 10.6 Å². The number of aliphatic hydroxyl groups excluding tert-OH is 1. The first-order valence-corrected chi connectivity index (χ1v) is 7.52. The normalized spacial score (nSPS) is 11.3. The molecule has 2 rings (SSSR count). The quantitative estimate of drug-likeness (QED) is 0.822. The number of hydrogen-bond donors (Lipinski definition) is 2. The van der Waals surface area contributed by atoms with Crippen LogP contribution in [0.4, 0.5) is 20.5 Å². The summed E-state index contributed by atoms with van der Waals surface area (Å²) in [5.74, 6) is 0.855. The number of hydrogen-bond acceptors (Lipinski definition) is 6. The lowest BCUT2D eigenvalue weighted by Crippen LogP contribution is -2.32. The molecule has 0 unspecified atom stereocenters. The summed E-state index contributed by atoms with van der Waals surface area (Å²) < 4.78 is 25.5. The number of aryl methyl sites for hydroxylation is 1. The molecule has 0 saturated heterocycles. The van der Waals surface area contributed by atoms with Gasteiger partial charge in [0.05, 0.1) is 18.5 Å². The van der Waals surface area contributed by atoms with Gasteiger partial charge in [0.25, 0.3) is 6.43 Å². The lowest BCUT2D eigenvalue weighted by molar-refractivity contribution is 0.152. The summed E-state index contributed by atoms with van der Waals surface area (Å²) in [4.78, 5) is 11.9. The van der Waals surface area contributed by atoms with E-state index in [1.807, 2.05) is 19.9 Å². The van der Waals surface area contributed by atoms with Crippen molar-refractivity contribution in [1.82, 2.24) is 9.97 Å². The van der Waals surface area contributed by atoms with Gasteiger partial charge in [0, 0.05) is 18.0 Å². The maximum Gasteiger partial charge on any atom is 0.255 e. The van der Waals surface area contributed by atoms with Crippen LogP contribution in [0.25, 0.3) is 10.2 Å². The van der Waals surface area contributed by atoms with Gasteiger partial charge in [-0.3, -0.25) is 0 Å². The third kappa shape index (κ3) is 3.76. The first kappa shape index (κ1) is 15.8. The van der Waals surface area contributed by atoms with E-state index in [9.17, 15) is 8.78 Å². The zero-order chi connectivity index (χ0) is 15.4. The molecule has 0 fully saturated rings. The summed E-state index contributed by atoms with van der Waals surface area (Å²) in [6.45, 7) is 3.93. The number of fused-ring (bicyclic) bond motifs is 1. The Morgan fingerprint density at radius 3 is 2.81 bits per heavy atom. The second-order valence-corrected chi connectivity index (χ2v) is 5.77. The lowest BCUT2D eigenvalue weighted by atomic mass is 10.3. The van der Waals surface area contributed by atoms with Gasteiger partial charge in [-0.05, 0) is 19.9 Å². The van der Waals surface area contributed by atoms with Gasteiger partial charge < -0.3 is 15.3 Å². The van der Waals surface area contributed by atoms with Gasteiger partial charge in [-0.25, -0.2) is 13.8 Å². The average Bonchev–Trinajstić information content (AvgIpc) is 2.77.